The summed E-state index contributed by atoms with van der Waals surface area (Å²) in [4.78, 5) is 0.559. The Morgan fingerprint density at radius 3 is 2.35 bits per heavy atom. The molecule has 17 heavy (non-hydrogen) atoms. The van der Waals surface area contributed by atoms with Crippen LogP contribution >= 0.6 is 27.3 Å². The summed E-state index contributed by atoms with van der Waals surface area (Å²) in [6.07, 6.45) is -4.40. The number of anilines is 1. The number of benzene rings is 1. The molecule has 6 heteroatoms. The van der Waals surface area contributed by atoms with Crippen molar-refractivity contribution in [2.24, 2.45) is 0 Å². The normalized spacial score (nSPS) is 11.8. The van der Waals surface area contributed by atoms with E-state index in [0.717, 1.165) is 9.85 Å². The Labute approximate surface area is 108 Å². The van der Waals surface area contributed by atoms with Crippen molar-refractivity contribution in [2.45, 2.75) is 6.18 Å². The van der Waals surface area contributed by atoms with Gasteiger partial charge in [-0.25, -0.2) is 0 Å². The smallest absolute Gasteiger partial charge is 0.399 e. The molecule has 0 aliphatic rings. The van der Waals surface area contributed by atoms with E-state index in [1.54, 1.807) is 12.1 Å². The minimum Gasteiger partial charge on any atom is -0.399 e. The molecular formula is C11H7BrF3NS. The van der Waals surface area contributed by atoms with Crippen LogP contribution in [0.15, 0.2) is 34.1 Å². The highest BCUT2D eigenvalue weighted by Gasteiger charge is 2.34. The highest BCUT2D eigenvalue weighted by Crippen LogP contribution is 2.41. The summed E-state index contributed by atoms with van der Waals surface area (Å²) in [6, 6.07) is 7.20. The third-order valence-electron chi connectivity index (χ3n) is 2.19. The average molecular weight is 322 g/mol. The van der Waals surface area contributed by atoms with Gasteiger partial charge >= 0.3 is 6.18 Å². The Morgan fingerprint density at radius 2 is 1.82 bits per heavy atom. The lowest BCUT2D eigenvalue weighted by Gasteiger charge is -2.12. The Bertz CT molecular complexity index is 548. The summed E-state index contributed by atoms with van der Waals surface area (Å²) >= 11 is 4.48. The zero-order chi connectivity index (χ0) is 12.6. The summed E-state index contributed by atoms with van der Waals surface area (Å²) < 4.78 is 39.4. The molecule has 1 aromatic heterocycles. The molecule has 0 aliphatic heterocycles. The Morgan fingerprint density at radius 1 is 1.12 bits per heavy atom. The minimum atomic E-state index is -4.40. The Kier molecular flexibility index (Phi) is 3.18. The van der Waals surface area contributed by atoms with Gasteiger partial charge in [0.05, 0.1) is 9.35 Å². The van der Waals surface area contributed by atoms with Crippen LogP contribution < -0.4 is 5.73 Å². The molecule has 1 heterocycles. The number of rotatable bonds is 1. The minimum absolute atomic E-state index is 0.108. The summed E-state index contributed by atoms with van der Waals surface area (Å²) in [5.41, 5.74) is 4.96. The van der Waals surface area contributed by atoms with E-state index in [-0.39, 0.29) is 11.3 Å². The third kappa shape index (κ3) is 2.63. The molecule has 0 radical (unpaired) electrons. The van der Waals surface area contributed by atoms with Crippen LogP contribution in [0.25, 0.3) is 10.4 Å². The van der Waals surface area contributed by atoms with Crippen LogP contribution in [0.1, 0.15) is 5.56 Å². The van der Waals surface area contributed by atoms with E-state index in [1.165, 1.54) is 23.5 Å². The number of alkyl halides is 3. The van der Waals surface area contributed by atoms with Gasteiger partial charge in [0.2, 0.25) is 0 Å². The van der Waals surface area contributed by atoms with Gasteiger partial charge in [0.25, 0.3) is 0 Å². The van der Waals surface area contributed by atoms with Crippen molar-refractivity contribution in [1.82, 2.24) is 0 Å². The van der Waals surface area contributed by atoms with Gasteiger partial charge < -0.3 is 5.73 Å². The van der Waals surface area contributed by atoms with E-state index in [1.807, 2.05) is 0 Å². The number of nitrogens with two attached hydrogens (primary N) is 1. The van der Waals surface area contributed by atoms with Crippen molar-refractivity contribution in [3.05, 3.63) is 39.7 Å². The van der Waals surface area contributed by atoms with Crippen LogP contribution in [-0.2, 0) is 6.18 Å². The maximum atomic E-state index is 12.9. The highest BCUT2D eigenvalue weighted by atomic mass is 79.9. The molecule has 0 saturated heterocycles. The van der Waals surface area contributed by atoms with Gasteiger partial charge in [-0.2, -0.15) is 13.2 Å². The lowest BCUT2D eigenvalue weighted by Crippen LogP contribution is -2.07. The van der Waals surface area contributed by atoms with Gasteiger partial charge in [-0.05, 0) is 40.2 Å². The fourth-order valence-electron chi connectivity index (χ4n) is 1.47. The lowest BCUT2D eigenvalue weighted by atomic mass is 10.0. The number of nitrogen functional groups attached to an aromatic ring is 1. The van der Waals surface area contributed by atoms with Gasteiger partial charge in [-0.1, -0.05) is 6.07 Å². The van der Waals surface area contributed by atoms with Crippen LogP contribution in [-0.4, -0.2) is 0 Å². The molecule has 1 nitrogen and oxygen atoms in total. The maximum Gasteiger partial charge on any atom is 0.417 e. The number of halogens is 4. The van der Waals surface area contributed by atoms with Crippen molar-refractivity contribution in [1.29, 1.82) is 0 Å². The van der Waals surface area contributed by atoms with Crippen molar-refractivity contribution in [3.8, 4) is 10.4 Å². The highest BCUT2D eigenvalue weighted by molar-refractivity contribution is 9.11. The van der Waals surface area contributed by atoms with Gasteiger partial charge in [-0.15, -0.1) is 11.3 Å². The fraction of sp³-hybridized carbons (Fsp3) is 0.0909. The predicted molar refractivity (Wildman–Crippen MR) is 66.9 cm³/mol. The number of thiophene rings is 1. The maximum absolute atomic E-state index is 12.9. The largest absolute Gasteiger partial charge is 0.417 e. The van der Waals surface area contributed by atoms with Gasteiger partial charge in [0.15, 0.2) is 0 Å². The SMILES string of the molecule is Nc1ccc(-c2ccc(Br)s2)c(C(F)(F)F)c1. The molecule has 1 aromatic carbocycles. The molecule has 0 amide bonds. The van der Waals surface area contributed by atoms with Gasteiger partial charge in [0, 0.05) is 16.1 Å². The molecule has 2 N–H and O–H groups in total. The van der Waals surface area contributed by atoms with Crippen molar-refractivity contribution >= 4 is 33.0 Å². The second-order valence-electron chi connectivity index (χ2n) is 3.41. The van der Waals surface area contributed by atoms with E-state index >= 15 is 0 Å². The summed E-state index contributed by atoms with van der Waals surface area (Å²) in [7, 11) is 0. The molecule has 0 aliphatic carbocycles. The van der Waals surface area contributed by atoms with E-state index in [9.17, 15) is 13.2 Å². The second-order valence-corrected chi connectivity index (χ2v) is 5.87. The number of hydrogen-bond donors (Lipinski definition) is 1. The first-order valence-electron chi connectivity index (χ1n) is 4.60. The van der Waals surface area contributed by atoms with E-state index < -0.39 is 11.7 Å². The van der Waals surface area contributed by atoms with E-state index in [2.05, 4.69) is 15.9 Å². The molecular weight excluding hydrogens is 315 g/mol. The van der Waals surface area contributed by atoms with Gasteiger partial charge in [0.1, 0.15) is 0 Å². The molecule has 0 saturated carbocycles. The van der Waals surface area contributed by atoms with Crippen LogP contribution in [0.5, 0.6) is 0 Å². The zero-order valence-electron chi connectivity index (χ0n) is 8.38. The van der Waals surface area contributed by atoms with Crippen molar-refractivity contribution < 1.29 is 13.2 Å². The molecule has 2 aromatic rings. The van der Waals surface area contributed by atoms with Crippen LogP contribution in [0.4, 0.5) is 18.9 Å². The standard InChI is InChI=1S/C11H7BrF3NS/c12-10-4-3-9(17-10)7-2-1-6(16)5-8(7)11(13,14)15/h1-5H,16H2. The molecule has 0 bridgehead atoms. The summed E-state index contributed by atoms with van der Waals surface area (Å²) in [5, 5.41) is 0. The summed E-state index contributed by atoms with van der Waals surface area (Å²) in [5.74, 6) is 0. The Hall–Kier alpha value is -1.01. The van der Waals surface area contributed by atoms with Crippen LogP contribution in [0, 0.1) is 0 Å². The Balaban J connectivity index is 2.61. The summed E-state index contributed by atoms with van der Waals surface area (Å²) in [6.45, 7) is 0. The predicted octanol–water partition coefficient (Wildman–Crippen LogP) is 4.78. The monoisotopic (exact) mass is 321 g/mol. The molecule has 0 atom stereocenters. The topological polar surface area (TPSA) is 26.0 Å². The number of hydrogen-bond acceptors (Lipinski definition) is 2. The molecule has 2 rings (SSSR count). The van der Waals surface area contributed by atoms with Gasteiger partial charge in [-0.3, -0.25) is 0 Å². The molecule has 0 unspecified atom stereocenters. The lowest BCUT2D eigenvalue weighted by molar-refractivity contribution is -0.137. The van der Waals surface area contributed by atoms with Crippen molar-refractivity contribution in [3.63, 3.8) is 0 Å². The third-order valence-corrected chi connectivity index (χ3v) is 3.84. The molecule has 90 valence electrons. The first-order valence-corrected chi connectivity index (χ1v) is 6.21. The molecule has 0 spiro atoms. The van der Waals surface area contributed by atoms with Crippen LogP contribution in [0.2, 0.25) is 0 Å². The fourth-order valence-corrected chi connectivity index (χ4v) is 2.90. The first-order chi connectivity index (χ1) is 7.88. The van der Waals surface area contributed by atoms with E-state index in [0.29, 0.717) is 4.88 Å². The van der Waals surface area contributed by atoms with Crippen molar-refractivity contribution in [2.75, 3.05) is 5.73 Å². The first kappa shape index (κ1) is 12.4. The average Bonchev–Trinajstić information content (AvgIpc) is 2.63. The van der Waals surface area contributed by atoms with Crippen LogP contribution in [0.3, 0.4) is 0 Å². The molecule has 0 fully saturated rings. The zero-order valence-corrected chi connectivity index (χ0v) is 10.8. The quantitative estimate of drug-likeness (QED) is 0.752. The van der Waals surface area contributed by atoms with E-state index in [4.69, 9.17) is 5.73 Å². The second kappa shape index (κ2) is 4.34.